The normalized spacial score (nSPS) is 38.0. The molecule has 2 N–H and O–H groups in total. The average Bonchev–Trinajstić information content (AvgIpc) is 2.95. The molecule has 116 valence electrons. The third kappa shape index (κ3) is 3.57. The Kier molecular flexibility index (Phi) is 5.04. The van der Waals surface area contributed by atoms with Gasteiger partial charge < -0.3 is 10.6 Å². The highest BCUT2D eigenvalue weighted by molar-refractivity contribution is 4.93. The van der Waals surface area contributed by atoms with Crippen molar-refractivity contribution in [3.05, 3.63) is 0 Å². The third-order valence-corrected chi connectivity index (χ3v) is 6.29. The predicted molar refractivity (Wildman–Crippen MR) is 86.0 cm³/mol. The van der Waals surface area contributed by atoms with Crippen LogP contribution in [0.2, 0.25) is 0 Å². The van der Waals surface area contributed by atoms with Crippen molar-refractivity contribution in [2.75, 3.05) is 13.1 Å². The van der Waals surface area contributed by atoms with Gasteiger partial charge in [0.25, 0.3) is 0 Å². The first-order chi connectivity index (χ1) is 9.77. The van der Waals surface area contributed by atoms with E-state index in [0.29, 0.717) is 5.41 Å². The van der Waals surface area contributed by atoms with Crippen LogP contribution in [-0.2, 0) is 0 Å². The van der Waals surface area contributed by atoms with Gasteiger partial charge in [-0.05, 0) is 56.4 Å². The van der Waals surface area contributed by atoms with Crippen molar-refractivity contribution in [1.29, 1.82) is 0 Å². The van der Waals surface area contributed by atoms with Crippen LogP contribution in [0.3, 0.4) is 0 Å². The molecule has 2 nitrogen and oxygen atoms in total. The summed E-state index contributed by atoms with van der Waals surface area (Å²) < 4.78 is 0. The largest absolute Gasteiger partial charge is 0.314 e. The highest BCUT2D eigenvalue weighted by atomic mass is 15.0. The molecule has 0 aromatic carbocycles. The first-order valence-electron chi connectivity index (χ1n) is 9.24. The molecule has 0 bridgehead atoms. The van der Waals surface area contributed by atoms with Crippen LogP contribution in [0.1, 0.15) is 77.6 Å². The second-order valence-corrected chi connectivity index (χ2v) is 8.01. The van der Waals surface area contributed by atoms with Gasteiger partial charge in [0, 0.05) is 18.6 Å². The van der Waals surface area contributed by atoms with Gasteiger partial charge in [-0.25, -0.2) is 0 Å². The van der Waals surface area contributed by atoms with Gasteiger partial charge in [-0.1, -0.05) is 39.0 Å². The number of hydrogen-bond acceptors (Lipinski definition) is 2. The zero-order valence-electron chi connectivity index (χ0n) is 13.4. The zero-order chi connectivity index (χ0) is 13.8. The summed E-state index contributed by atoms with van der Waals surface area (Å²) in [5.41, 5.74) is 0.589. The molecule has 0 amide bonds. The van der Waals surface area contributed by atoms with Crippen LogP contribution < -0.4 is 10.6 Å². The van der Waals surface area contributed by atoms with Crippen LogP contribution in [0.5, 0.6) is 0 Å². The standard InChI is InChI=1S/C18H34N2/c1-18(11-4-2-5-12-18)14-20-17-10-7-8-15(17)16-9-3-6-13-19-16/h15-17,19-20H,2-14H2,1H3. The summed E-state index contributed by atoms with van der Waals surface area (Å²) in [5, 5.41) is 7.80. The summed E-state index contributed by atoms with van der Waals surface area (Å²) in [7, 11) is 0. The zero-order valence-corrected chi connectivity index (χ0v) is 13.4. The molecule has 0 aromatic heterocycles. The number of hydrogen-bond donors (Lipinski definition) is 2. The first-order valence-corrected chi connectivity index (χ1v) is 9.24. The Bertz CT molecular complexity index is 290. The first kappa shape index (κ1) is 14.8. The fourth-order valence-electron chi connectivity index (χ4n) is 4.93. The smallest absolute Gasteiger partial charge is 0.0110 e. The van der Waals surface area contributed by atoms with Gasteiger partial charge in [0.15, 0.2) is 0 Å². The van der Waals surface area contributed by atoms with Crippen molar-refractivity contribution in [2.24, 2.45) is 11.3 Å². The summed E-state index contributed by atoms with van der Waals surface area (Å²) in [5.74, 6) is 0.905. The molecule has 1 saturated heterocycles. The van der Waals surface area contributed by atoms with Crippen LogP contribution in [0.4, 0.5) is 0 Å². The minimum absolute atomic E-state index is 0.589. The quantitative estimate of drug-likeness (QED) is 0.816. The third-order valence-electron chi connectivity index (χ3n) is 6.29. The minimum atomic E-state index is 0.589. The second kappa shape index (κ2) is 6.79. The Morgan fingerprint density at radius 3 is 2.55 bits per heavy atom. The van der Waals surface area contributed by atoms with Crippen LogP contribution >= 0.6 is 0 Å². The van der Waals surface area contributed by atoms with Crippen LogP contribution in [0.25, 0.3) is 0 Å². The molecule has 3 atom stereocenters. The van der Waals surface area contributed by atoms with E-state index in [1.165, 1.54) is 83.7 Å². The van der Waals surface area contributed by atoms with E-state index >= 15 is 0 Å². The Labute approximate surface area is 125 Å². The summed E-state index contributed by atoms with van der Waals surface area (Å²) >= 11 is 0. The summed E-state index contributed by atoms with van der Waals surface area (Å²) in [6.07, 6.45) is 15.8. The monoisotopic (exact) mass is 278 g/mol. The van der Waals surface area contributed by atoms with Crippen molar-refractivity contribution in [1.82, 2.24) is 10.6 Å². The lowest BCUT2D eigenvalue weighted by Crippen LogP contribution is -2.48. The lowest BCUT2D eigenvalue weighted by atomic mass is 9.75. The van der Waals surface area contributed by atoms with Gasteiger partial charge in [0.1, 0.15) is 0 Å². The summed E-state index contributed by atoms with van der Waals surface area (Å²) in [6, 6.07) is 1.60. The Morgan fingerprint density at radius 2 is 1.80 bits per heavy atom. The van der Waals surface area contributed by atoms with Crippen molar-refractivity contribution >= 4 is 0 Å². The Balaban J connectivity index is 1.50. The average molecular weight is 278 g/mol. The SMILES string of the molecule is CC1(CNC2CCCC2C2CCCCN2)CCCCC1. The van der Waals surface area contributed by atoms with E-state index in [-0.39, 0.29) is 0 Å². The molecule has 2 aliphatic carbocycles. The maximum absolute atomic E-state index is 4.00. The van der Waals surface area contributed by atoms with Gasteiger partial charge in [0.05, 0.1) is 0 Å². The maximum atomic E-state index is 4.00. The predicted octanol–water partition coefficient (Wildman–Crippen LogP) is 3.86. The molecule has 3 fully saturated rings. The van der Waals surface area contributed by atoms with E-state index in [1.54, 1.807) is 0 Å². The Morgan fingerprint density at radius 1 is 0.950 bits per heavy atom. The Hall–Kier alpha value is -0.0800. The van der Waals surface area contributed by atoms with E-state index in [4.69, 9.17) is 0 Å². The molecule has 3 aliphatic rings. The molecule has 1 heterocycles. The molecule has 0 spiro atoms. The fourth-order valence-corrected chi connectivity index (χ4v) is 4.93. The van der Waals surface area contributed by atoms with E-state index in [9.17, 15) is 0 Å². The molecular formula is C18H34N2. The maximum Gasteiger partial charge on any atom is 0.0110 e. The number of piperidine rings is 1. The van der Waals surface area contributed by atoms with E-state index in [1.807, 2.05) is 0 Å². The van der Waals surface area contributed by atoms with Crippen LogP contribution in [-0.4, -0.2) is 25.2 Å². The fraction of sp³-hybridized carbons (Fsp3) is 1.00. The number of rotatable bonds is 4. The summed E-state index contributed by atoms with van der Waals surface area (Å²) in [6.45, 7) is 5.04. The van der Waals surface area contributed by atoms with Gasteiger partial charge >= 0.3 is 0 Å². The van der Waals surface area contributed by atoms with Crippen LogP contribution in [0, 0.1) is 11.3 Å². The van der Waals surface area contributed by atoms with Gasteiger partial charge in [-0.3, -0.25) is 0 Å². The molecule has 1 aliphatic heterocycles. The molecule has 0 aromatic rings. The van der Waals surface area contributed by atoms with Crippen molar-refractivity contribution < 1.29 is 0 Å². The summed E-state index contributed by atoms with van der Waals surface area (Å²) in [4.78, 5) is 0. The molecule has 20 heavy (non-hydrogen) atoms. The molecule has 3 rings (SSSR count). The van der Waals surface area contributed by atoms with Crippen molar-refractivity contribution in [3.8, 4) is 0 Å². The second-order valence-electron chi connectivity index (χ2n) is 8.01. The lowest BCUT2D eigenvalue weighted by Gasteiger charge is -2.38. The van der Waals surface area contributed by atoms with E-state index < -0.39 is 0 Å². The van der Waals surface area contributed by atoms with Crippen molar-refractivity contribution in [2.45, 2.75) is 89.6 Å². The molecule has 2 saturated carbocycles. The molecule has 0 radical (unpaired) electrons. The molecule has 2 heteroatoms. The van der Waals surface area contributed by atoms with E-state index in [2.05, 4.69) is 17.6 Å². The van der Waals surface area contributed by atoms with Gasteiger partial charge in [-0.15, -0.1) is 0 Å². The topological polar surface area (TPSA) is 24.1 Å². The minimum Gasteiger partial charge on any atom is -0.314 e. The molecule has 3 unspecified atom stereocenters. The highest BCUT2D eigenvalue weighted by Crippen LogP contribution is 2.37. The number of nitrogens with one attached hydrogen (secondary N) is 2. The highest BCUT2D eigenvalue weighted by Gasteiger charge is 2.35. The van der Waals surface area contributed by atoms with Gasteiger partial charge in [-0.2, -0.15) is 0 Å². The van der Waals surface area contributed by atoms with E-state index in [0.717, 1.165) is 18.0 Å². The van der Waals surface area contributed by atoms with Gasteiger partial charge in [0.2, 0.25) is 0 Å². The van der Waals surface area contributed by atoms with Crippen LogP contribution in [0.15, 0.2) is 0 Å². The van der Waals surface area contributed by atoms with Crippen molar-refractivity contribution in [3.63, 3.8) is 0 Å². The lowest BCUT2D eigenvalue weighted by molar-refractivity contribution is 0.182. The molecular weight excluding hydrogens is 244 g/mol.